The van der Waals surface area contributed by atoms with Crippen LogP contribution < -0.4 is 0 Å². The van der Waals surface area contributed by atoms with E-state index in [9.17, 15) is 10.1 Å². The first kappa shape index (κ1) is 17.5. The predicted molar refractivity (Wildman–Crippen MR) is 107 cm³/mol. The third-order valence-electron chi connectivity index (χ3n) is 4.93. The van der Waals surface area contributed by atoms with Gasteiger partial charge in [0, 0.05) is 5.92 Å². The number of benzene rings is 3. The zero-order chi connectivity index (χ0) is 19.7. The van der Waals surface area contributed by atoms with E-state index in [4.69, 9.17) is 5.11 Å². The molecule has 1 heterocycles. The molecule has 0 radical (unpaired) electrons. The Balaban J connectivity index is 1.63. The van der Waals surface area contributed by atoms with E-state index in [2.05, 4.69) is 16.9 Å². The van der Waals surface area contributed by atoms with Gasteiger partial charge in [0.1, 0.15) is 11.9 Å². The van der Waals surface area contributed by atoms with Crippen molar-refractivity contribution in [2.24, 2.45) is 0 Å². The van der Waals surface area contributed by atoms with Crippen LogP contribution in [0.1, 0.15) is 40.2 Å². The lowest BCUT2D eigenvalue weighted by Crippen LogP contribution is -2.00. The van der Waals surface area contributed by atoms with Gasteiger partial charge >= 0.3 is 5.97 Å². The number of carboxylic acid groups (broad SMARTS) is 1. The summed E-state index contributed by atoms with van der Waals surface area (Å²) in [6.45, 7) is 2.10. The van der Waals surface area contributed by atoms with Crippen molar-refractivity contribution in [3.63, 3.8) is 0 Å². The summed E-state index contributed by atoms with van der Waals surface area (Å²) in [6, 6.07) is 22.7. The summed E-state index contributed by atoms with van der Waals surface area (Å²) in [5.74, 6) is -0.0878. The van der Waals surface area contributed by atoms with E-state index in [1.807, 2.05) is 54.6 Å². The molecule has 0 amide bonds. The van der Waals surface area contributed by atoms with E-state index < -0.39 is 5.97 Å². The molecule has 0 aliphatic carbocycles. The largest absolute Gasteiger partial charge is 0.478 e. The van der Waals surface area contributed by atoms with Crippen molar-refractivity contribution in [2.45, 2.75) is 12.8 Å². The van der Waals surface area contributed by atoms with Crippen molar-refractivity contribution in [2.75, 3.05) is 0 Å². The lowest BCUT2D eigenvalue weighted by Gasteiger charge is -2.11. The van der Waals surface area contributed by atoms with Gasteiger partial charge in [0.05, 0.1) is 22.2 Å². The summed E-state index contributed by atoms with van der Waals surface area (Å²) in [5.41, 5.74) is 4.99. The number of imidazole rings is 1. The lowest BCUT2D eigenvalue weighted by atomic mass is 9.95. The fourth-order valence-electron chi connectivity index (χ4n) is 3.30. The van der Waals surface area contributed by atoms with Gasteiger partial charge in [-0.15, -0.1) is 0 Å². The number of carbonyl (C=O) groups is 1. The first-order chi connectivity index (χ1) is 13.6. The third kappa shape index (κ3) is 3.12. The highest BCUT2D eigenvalue weighted by molar-refractivity contribution is 5.91. The Labute approximate surface area is 161 Å². The van der Waals surface area contributed by atoms with Crippen LogP contribution in [0.4, 0.5) is 0 Å². The van der Waals surface area contributed by atoms with Crippen LogP contribution in [-0.4, -0.2) is 21.0 Å². The molecule has 1 atom stereocenters. The minimum atomic E-state index is -1.10. The van der Waals surface area contributed by atoms with Crippen LogP contribution >= 0.6 is 0 Å². The summed E-state index contributed by atoms with van der Waals surface area (Å²) in [6.07, 6.45) is 0. The van der Waals surface area contributed by atoms with Gasteiger partial charge in [-0.05, 0) is 41.0 Å². The Morgan fingerprint density at radius 1 is 1.07 bits per heavy atom. The fraction of sp³-hybridized carbons (Fsp3) is 0.0870. The Morgan fingerprint density at radius 2 is 1.79 bits per heavy atom. The molecule has 0 bridgehead atoms. The number of hydrogen-bond acceptors (Lipinski definition) is 3. The number of aromatic nitrogens is 2. The highest BCUT2D eigenvalue weighted by atomic mass is 16.4. The number of nitrogens with one attached hydrogen (secondary N) is 1. The lowest BCUT2D eigenvalue weighted by molar-refractivity contribution is 0.0696. The van der Waals surface area contributed by atoms with Crippen LogP contribution in [0.15, 0.2) is 66.7 Å². The van der Waals surface area contributed by atoms with Crippen LogP contribution in [0.2, 0.25) is 0 Å². The summed E-state index contributed by atoms with van der Waals surface area (Å²) in [4.78, 5) is 19.2. The van der Waals surface area contributed by atoms with Gasteiger partial charge in [-0.25, -0.2) is 9.78 Å². The second-order valence-electron chi connectivity index (χ2n) is 6.66. The summed E-state index contributed by atoms with van der Waals surface area (Å²) in [5, 5.41) is 18.4. The maximum atomic E-state index is 11.2. The molecular weight excluding hydrogens is 350 g/mol. The normalized spacial score (nSPS) is 11.9. The average molecular weight is 367 g/mol. The van der Waals surface area contributed by atoms with Gasteiger partial charge in [0.25, 0.3) is 0 Å². The molecular formula is C23H17N3O2. The number of H-pyrrole nitrogens is 1. The second kappa shape index (κ2) is 7.01. The van der Waals surface area contributed by atoms with Crippen LogP contribution in [0.25, 0.3) is 22.2 Å². The van der Waals surface area contributed by atoms with E-state index in [0.717, 1.165) is 33.5 Å². The monoisotopic (exact) mass is 367 g/mol. The molecule has 5 heteroatoms. The Hall–Kier alpha value is -3.91. The van der Waals surface area contributed by atoms with E-state index in [0.29, 0.717) is 0 Å². The highest BCUT2D eigenvalue weighted by Crippen LogP contribution is 2.28. The summed E-state index contributed by atoms with van der Waals surface area (Å²) < 4.78 is 0. The smallest absolute Gasteiger partial charge is 0.337 e. The molecule has 4 aromatic rings. The van der Waals surface area contributed by atoms with E-state index in [-0.39, 0.29) is 17.0 Å². The number of aromatic amines is 1. The van der Waals surface area contributed by atoms with Crippen LogP contribution in [0.3, 0.4) is 0 Å². The van der Waals surface area contributed by atoms with Gasteiger partial charge in [-0.1, -0.05) is 49.4 Å². The first-order valence-corrected chi connectivity index (χ1v) is 8.89. The topological polar surface area (TPSA) is 89.8 Å². The molecule has 0 aliphatic heterocycles. The predicted octanol–water partition coefficient (Wildman–Crippen LogP) is 4.95. The Kier molecular flexibility index (Phi) is 4.38. The molecule has 2 N–H and O–H groups in total. The van der Waals surface area contributed by atoms with Crippen molar-refractivity contribution in [3.8, 4) is 17.2 Å². The highest BCUT2D eigenvalue weighted by Gasteiger charge is 2.14. The van der Waals surface area contributed by atoms with Crippen molar-refractivity contribution in [1.29, 1.82) is 5.26 Å². The van der Waals surface area contributed by atoms with Crippen molar-refractivity contribution >= 4 is 17.0 Å². The van der Waals surface area contributed by atoms with Crippen molar-refractivity contribution in [1.82, 2.24) is 9.97 Å². The number of hydrogen-bond donors (Lipinski definition) is 2. The van der Waals surface area contributed by atoms with Crippen molar-refractivity contribution in [3.05, 3.63) is 89.2 Å². The molecule has 0 saturated carbocycles. The van der Waals surface area contributed by atoms with Crippen LogP contribution in [0, 0.1) is 11.3 Å². The van der Waals surface area contributed by atoms with Gasteiger partial charge in [0.15, 0.2) is 0 Å². The zero-order valence-electron chi connectivity index (χ0n) is 15.2. The Bertz CT molecular complexity index is 1180. The fourth-order valence-corrected chi connectivity index (χ4v) is 3.30. The minimum Gasteiger partial charge on any atom is -0.478 e. The number of nitrogens with zero attached hydrogens (tertiary/aromatic N) is 2. The number of aromatic carboxylic acids is 1. The molecule has 136 valence electrons. The first-order valence-electron chi connectivity index (χ1n) is 8.89. The molecule has 0 saturated heterocycles. The van der Waals surface area contributed by atoms with Gasteiger partial charge in [-0.2, -0.15) is 5.26 Å². The number of fused-ring (bicyclic) bond motifs is 1. The molecule has 3 aromatic carbocycles. The van der Waals surface area contributed by atoms with Gasteiger partial charge in [-0.3, -0.25) is 0 Å². The van der Waals surface area contributed by atoms with E-state index in [1.54, 1.807) is 12.1 Å². The standard InChI is InChI=1S/C23H17N3O2/c1-14(22-25-20-4-2-3-5-21(20)26-22)15-6-8-16(9-7-15)17-10-11-19(23(27)28)18(12-17)13-24/h2-12,14H,1H3,(H,25,26)(H,27,28). The number of para-hydroxylation sites is 2. The molecule has 1 aromatic heterocycles. The van der Waals surface area contributed by atoms with Gasteiger partial charge < -0.3 is 10.1 Å². The number of carboxylic acids is 1. The van der Waals surface area contributed by atoms with E-state index >= 15 is 0 Å². The Morgan fingerprint density at radius 3 is 2.46 bits per heavy atom. The van der Waals surface area contributed by atoms with E-state index in [1.165, 1.54) is 6.07 Å². The molecule has 0 fully saturated rings. The quantitative estimate of drug-likeness (QED) is 0.534. The second-order valence-corrected chi connectivity index (χ2v) is 6.66. The molecule has 0 aliphatic rings. The molecule has 5 nitrogen and oxygen atoms in total. The maximum Gasteiger partial charge on any atom is 0.337 e. The summed E-state index contributed by atoms with van der Waals surface area (Å²) >= 11 is 0. The van der Waals surface area contributed by atoms with Crippen LogP contribution in [-0.2, 0) is 0 Å². The molecule has 28 heavy (non-hydrogen) atoms. The SMILES string of the molecule is CC(c1ccc(-c2ccc(C(=O)O)c(C#N)c2)cc1)c1nc2ccccc2[nH]1. The van der Waals surface area contributed by atoms with Crippen LogP contribution in [0.5, 0.6) is 0 Å². The molecule has 0 spiro atoms. The third-order valence-corrected chi connectivity index (χ3v) is 4.93. The minimum absolute atomic E-state index is 0.0152. The van der Waals surface area contributed by atoms with Crippen molar-refractivity contribution < 1.29 is 9.90 Å². The molecule has 4 rings (SSSR count). The van der Waals surface area contributed by atoms with Gasteiger partial charge in [0.2, 0.25) is 0 Å². The molecule has 1 unspecified atom stereocenters. The number of rotatable bonds is 4. The summed E-state index contributed by atoms with van der Waals surface area (Å²) in [7, 11) is 0. The number of nitriles is 1. The average Bonchev–Trinajstić information content (AvgIpc) is 3.17. The zero-order valence-corrected chi connectivity index (χ0v) is 15.2. The maximum absolute atomic E-state index is 11.2.